The topological polar surface area (TPSA) is 48.2 Å². The monoisotopic (exact) mass is 238 g/mol. The number of alkyl halides is 1. The molecule has 0 amide bonds. The molecule has 0 saturated carbocycles. The molecule has 2 aromatic rings. The highest BCUT2D eigenvalue weighted by molar-refractivity contribution is 6.16. The number of halogens is 1. The summed E-state index contributed by atoms with van der Waals surface area (Å²) in [6.07, 6.45) is 0. The highest BCUT2D eigenvalue weighted by Gasteiger charge is 2.12. The summed E-state index contributed by atoms with van der Waals surface area (Å²) >= 11 is 5.61. The van der Waals surface area contributed by atoms with Crippen molar-refractivity contribution in [3.8, 4) is 17.2 Å². The maximum atomic E-state index is 5.61. The molecule has 5 heteroatoms. The van der Waals surface area contributed by atoms with E-state index >= 15 is 0 Å². The first kappa shape index (κ1) is 11.0. The Bertz CT molecular complexity index is 471. The number of hydrogen-bond donors (Lipinski definition) is 0. The lowest BCUT2D eigenvalue weighted by Gasteiger charge is -2.05. The van der Waals surface area contributed by atoms with Gasteiger partial charge in [0.2, 0.25) is 0 Å². The van der Waals surface area contributed by atoms with Gasteiger partial charge in [-0.3, -0.25) is 0 Å². The van der Waals surface area contributed by atoms with Crippen LogP contribution in [0.4, 0.5) is 0 Å². The fraction of sp³-hybridized carbons (Fsp3) is 0.273. The van der Waals surface area contributed by atoms with Crippen molar-refractivity contribution in [3.63, 3.8) is 0 Å². The van der Waals surface area contributed by atoms with Gasteiger partial charge in [0.15, 0.2) is 5.82 Å². The third kappa shape index (κ3) is 2.17. The van der Waals surface area contributed by atoms with E-state index in [1.165, 1.54) is 0 Å². The molecule has 0 aliphatic heterocycles. The molecule has 0 atom stereocenters. The van der Waals surface area contributed by atoms with Gasteiger partial charge in [0.05, 0.1) is 18.1 Å². The normalized spacial score (nSPS) is 10.4. The van der Waals surface area contributed by atoms with E-state index in [-0.39, 0.29) is 5.88 Å². The molecule has 4 nitrogen and oxygen atoms in total. The summed E-state index contributed by atoms with van der Waals surface area (Å²) < 4.78 is 10.6. The predicted octanol–water partition coefficient (Wildman–Crippen LogP) is 2.87. The summed E-state index contributed by atoms with van der Waals surface area (Å²) in [6, 6.07) is 7.52. The van der Waals surface area contributed by atoms with Crippen molar-refractivity contribution in [2.45, 2.75) is 12.8 Å². The van der Waals surface area contributed by atoms with Crippen LogP contribution in [0, 0.1) is 0 Å². The van der Waals surface area contributed by atoms with Crippen LogP contribution in [-0.4, -0.2) is 16.7 Å². The Hall–Kier alpha value is -1.55. The summed E-state index contributed by atoms with van der Waals surface area (Å²) in [7, 11) is 0. The second kappa shape index (κ2) is 4.99. The molecule has 0 bridgehead atoms. The van der Waals surface area contributed by atoms with Crippen LogP contribution in [0.5, 0.6) is 5.75 Å². The van der Waals surface area contributed by atoms with Gasteiger partial charge in [0.1, 0.15) is 5.75 Å². The fourth-order valence-electron chi connectivity index (χ4n) is 1.34. The minimum absolute atomic E-state index is 0.236. The SMILES string of the molecule is CCOc1ccccc1-c1nc(CCl)no1. The molecule has 84 valence electrons. The molecule has 0 spiro atoms. The quantitative estimate of drug-likeness (QED) is 0.769. The third-order valence-electron chi connectivity index (χ3n) is 2.00. The maximum Gasteiger partial charge on any atom is 0.261 e. The molecule has 0 aliphatic rings. The largest absolute Gasteiger partial charge is 0.493 e. The Morgan fingerprint density at radius 2 is 2.19 bits per heavy atom. The van der Waals surface area contributed by atoms with Crippen LogP contribution < -0.4 is 4.74 Å². The summed E-state index contributed by atoms with van der Waals surface area (Å²) in [4.78, 5) is 4.15. The summed E-state index contributed by atoms with van der Waals surface area (Å²) in [5.41, 5.74) is 0.785. The van der Waals surface area contributed by atoms with Gasteiger partial charge in [0, 0.05) is 0 Å². The van der Waals surface area contributed by atoms with Crippen molar-refractivity contribution in [2.75, 3.05) is 6.61 Å². The fourth-order valence-corrected chi connectivity index (χ4v) is 1.45. The predicted molar refractivity (Wildman–Crippen MR) is 60.5 cm³/mol. The highest BCUT2D eigenvalue weighted by Crippen LogP contribution is 2.28. The molecule has 0 aliphatic carbocycles. The van der Waals surface area contributed by atoms with Gasteiger partial charge in [-0.2, -0.15) is 4.98 Å². The summed E-state index contributed by atoms with van der Waals surface area (Å²) in [6.45, 7) is 2.52. The van der Waals surface area contributed by atoms with E-state index in [0.29, 0.717) is 18.3 Å². The van der Waals surface area contributed by atoms with Crippen molar-refractivity contribution in [1.29, 1.82) is 0 Å². The lowest BCUT2D eigenvalue weighted by Crippen LogP contribution is -1.93. The smallest absolute Gasteiger partial charge is 0.261 e. The molecule has 1 aromatic heterocycles. The van der Waals surface area contributed by atoms with Crippen molar-refractivity contribution < 1.29 is 9.26 Å². The average molecular weight is 239 g/mol. The lowest BCUT2D eigenvalue weighted by molar-refractivity contribution is 0.339. The maximum absolute atomic E-state index is 5.61. The van der Waals surface area contributed by atoms with Crippen molar-refractivity contribution >= 4 is 11.6 Å². The molecule has 1 aromatic carbocycles. The van der Waals surface area contributed by atoms with Crippen LogP contribution in [0.25, 0.3) is 11.5 Å². The van der Waals surface area contributed by atoms with Crippen molar-refractivity contribution in [2.24, 2.45) is 0 Å². The van der Waals surface area contributed by atoms with E-state index in [2.05, 4.69) is 10.1 Å². The Balaban J connectivity index is 2.38. The lowest BCUT2D eigenvalue weighted by atomic mass is 10.2. The van der Waals surface area contributed by atoms with Crippen molar-refractivity contribution in [1.82, 2.24) is 10.1 Å². The zero-order valence-electron chi connectivity index (χ0n) is 8.81. The molecule has 16 heavy (non-hydrogen) atoms. The summed E-state index contributed by atoms with van der Waals surface area (Å²) in [5, 5.41) is 3.74. The van der Waals surface area contributed by atoms with Gasteiger partial charge in [-0.15, -0.1) is 11.6 Å². The second-order valence-electron chi connectivity index (χ2n) is 3.08. The number of aromatic nitrogens is 2. The Morgan fingerprint density at radius 3 is 2.88 bits per heavy atom. The molecule has 0 N–H and O–H groups in total. The number of benzene rings is 1. The molecular formula is C11H11ClN2O2. The molecule has 0 unspecified atom stereocenters. The van der Waals surface area contributed by atoms with Crippen LogP contribution in [0.3, 0.4) is 0 Å². The molecule has 2 rings (SSSR count). The minimum atomic E-state index is 0.236. The van der Waals surface area contributed by atoms with E-state index < -0.39 is 0 Å². The first-order valence-corrected chi connectivity index (χ1v) is 5.49. The zero-order valence-corrected chi connectivity index (χ0v) is 9.57. The van der Waals surface area contributed by atoms with E-state index in [0.717, 1.165) is 11.3 Å². The van der Waals surface area contributed by atoms with Gasteiger partial charge in [0.25, 0.3) is 5.89 Å². The van der Waals surface area contributed by atoms with Crippen LogP contribution >= 0.6 is 11.6 Å². The van der Waals surface area contributed by atoms with Crippen molar-refractivity contribution in [3.05, 3.63) is 30.1 Å². The number of rotatable bonds is 4. The standard InChI is InChI=1S/C11H11ClN2O2/c1-2-15-9-6-4-3-5-8(9)11-13-10(7-12)14-16-11/h3-6H,2,7H2,1H3. The van der Waals surface area contributed by atoms with E-state index in [1.54, 1.807) is 0 Å². The number of hydrogen-bond acceptors (Lipinski definition) is 4. The van der Waals surface area contributed by atoms with Crippen LogP contribution in [-0.2, 0) is 5.88 Å². The van der Waals surface area contributed by atoms with Crippen LogP contribution in [0.2, 0.25) is 0 Å². The molecule has 0 radical (unpaired) electrons. The van der Waals surface area contributed by atoms with Gasteiger partial charge in [-0.05, 0) is 19.1 Å². The van der Waals surface area contributed by atoms with Gasteiger partial charge in [-0.1, -0.05) is 17.3 Å². The summed E-state index contributed by atoms with van der Waals surface area (Å²) in [5.74, 6) is 1.87. The third-order valence-corrected chi connectivity index (χ3v) is 2.24. The van der Waals surface area contributed by atoms with Gasteiger partial charge >= 0.3 is 0 Å². The second-order valence-corrected chi connectivity index (χ2v) is 3.35. The highest BCUT2D eigenvalue weighted by atomic mass is 35.5. The number of nitrogens with zero attached hydrogens (tertiary/aromatic N) is 2. The number of ether oxygens (including phenoxy) is 1. The van der Waals surface area contributed by atoms with E-state index in [4.69, 9.17) is 20.9 Å². The molecule has 1 heterocycles. The molecule has 0 fully saturated rings. The Morgan fingerprint density at radius 1 is 1.38 bits per heavy atom. The molecule has 0 saturated heterocycles. The average Bonchev–Trinajstić information content (AvgIpc) is 2.79. The van der Waals surface area contributed by atoms with E-state index in [1.807, 2.05) is 31.2 Å². The van der Waals surface area contributed by atoms with Gasteiger partial charge in [-0.25, -0.2) is 0 Å². The first-order chi connectivity index (χ1) is 7.85. The zero-order chi connectivity index (χ0) is 11.4. The Labute approximate surface area is 98.2 Å². The number of para-hydroxylation sites is 1. The van der Waals surface area contributed by atoms with Crippen LogP contribution in [0.1, 0.15) is 12.7 Å². The minimum Gasteiger partial charge on any atom is -0.493 e. The molecular weight excluding hydrogens is 228 g/mol. The van der Waals surface area contributed by atoms with Crippen LogP contribution in [0.15, 0.2) is 28.8 Å². The Kier molecular flexibility index (Phi) is 3.41. The van der Waals surface area contributed by atoms with E-state index in [9.17, 15) is 0 Å². The first-order valence-electron chi connectivity index (χ1n) is 4.96. The van der Waals surface area contributed by atoms with Gasteiger partial charge < -0.3 is 9.26 Å².